The minimum atomic E-state index is 0.160. The van der Waals surface area contributed by atoms with E-state index in [-0.39, 0.29) is 5.54 Å². The molecule has 3 nitrogen and oxygen atoms in total. The van der Waals surface area contributed by atoms with Crippen molar-refractivity contribution in [1.82, 2.24) is 10.3 Å². The minimum Gasteiger partial charge on any atom is -0.381 e. The molecule has 0 radical (unpaired) electrons. The second-order valence-corrected chi connectivity index (χ2v) is 6.84. The number of rotatable bonds is 3. The summed E-state index contributed by atoms with van der Waals surface area (Å²) in [5, 5.41) is 4.78. The molecule has 1 aliphatic rings. The van der Waals surface area contributed by atoms with Crippen LogP contribution >= 0.6 is 11.3 Å². The van der Waals surface area contributed by atoms with Crippen LogP contribution in [0, 0.1) is 6.92 Å². The summed E-state index contributed by atoms with van der Waals surface area (Å²) in [7, 11) is 0. The van der Waals surface area contributed by atoms with Gasteiger partial charge in [-0.2, -0.15) is 0 Å². The van der Waals surface area contributed by atoms with E-state index in [1.807, 2.05) is 11.3 Å². The number of thiazole rings is 1. The van der Waals surface area contributed by atoms with Crippen LogP contribution in [0.1, 0.15) is 48.7 Å². The van der Waals surface area contributed by atoms with Crippen molar-refractivity contribution >= 4 is 11.3 Å². The molecule has 4 heteroatoms. The Balaban J connectivity index is 2.03. The molecular formula is C13H22N2OS. The van der Waals surface area contributed by atoms with Crippen LogP contribution in [0.15, 0.2) is 0 Å². The van der Waals surface area contributed by atoms with Gasteiger partial charge in [-0.1, -0.05) is 0 Å². The van der Waals surface area contributed by atoms with Gasteiger partial charge >= 0.3 is 0 Å². The molecule has 1 aliphatic heterocycles. The summed E-state index contributed by atoms with van der Waals surface area (Å²) in [6.07, 6.45) is 1.12. The number of aromatic nitrogens is 1. The minimum absolute atomic E-state index is 0.160. The smallest absolute Gasteiger partial charge is 0.0986 e. The quantitative estimate of drug-likeness (QED) is 0.900. The van der Waals surface area contributed by atoms with Crippen LogP contribution in [0.4, 0.5) is 0 Å². The van der Waals surface area contributed by atoms with Gasteiger partial charge in [0.15, 0.2) is 0 Å². The van der Waals surface area contributed by atoms with Crippen LogP contribution in [0.2, 0.25) is 0 Å². The van der Waals surface area contributed by atoms with Crippen molar-refractivity contribution in [2.75, 3.05) is 13.2 Å². The standard InChI is InChI=1S/C13H22N2OS/c1-9-11(7-14-13(2,3)4)17-12(15-9)10-5-6-16-8-10/h10,14H,5-8H2,1-4H3. The Hall–Kier alpha value is -0.450. The third-order valence-corrected chi connectivity index (χ3v) is 4.29. The van der Waals surface area contributed by atoms with E-state index in [0.29, 0.717) is 5.92 Å². The van der Waals surface area contributed by atoms with Crippen molar-refractivity contribution < 1.29 is 4.74 Å². The molecule has 1 aromatic rings. The third-order valence-electron chi connectivity index (χ3n) is 2.97. The van der Waals surface area contributed by atoms with Gasteiger partial charge in [0.25, 0.3) is 0 Å². The molecule has 0 bridgehead atoms. The van der Waals surface area contributed by atoms with Crippen LogP contribution in [0.25, 0.3) is 0 Å². The van der Waals surface area contributed by atoms with Gasteiger partial charge in [-0.05, 0) is 34.1 Å². The van der Waals surface area contributed by atoms with Crippen molar-refractivity contribution in [2.45, 2.75) is 52.1 Å². The summed E-state index contributed by atoms with van der Waals surface area (Å²) in [5.74, 6) is 0.530. The highest BCUT2D eigenvalue weighted by atomic mass is 32.1. The molecule has 2 heterocycles. The van der Waals surface area contributed by atoms with Crippen LogP contribution in [-0.4, -0.2) is 23.7 Å². The zero-order valence-corrected chi connectivity index (χ0v) is 12.0. The van der Waals surface area contributed by atoms with E-state index in [2.05, 4.69) is 33.0 Å². The monoisotopic (exact) mass is 254 g/mol. The number of ether oxygens (including phenoxy) is 1. The van der Waals surface area contributed by atoms with Gasteiger partial charge in [0, 0.05) is 29.5 Å². The van der Waals surface area contributed by atoms with E-state index in [1.54, 1.807) is 0 Å². The third kappa shape index (κ3) is 3.50. The Bertz CT molecular complexity index is 375. The molecule has 1 N–H and O–H groups in total. The number of hydrogen-bond donors (Lipinski definition) is 1. The zero-order valence-electron chi connectivity index (χ0n) is 11.2. The number of hydrogen-bond acceptors (Lipinski definition) is 4. The molecule has 1 unspecified atom stereocenters. The Kier molecular flexibility index (Phi) is 3.85. The van der Waals surface area contributed by atoms with E-state index < -0.39 is 0 Å². The fraction of sp³-hybridized carbons (Fsp3) is 0.769. The lowest BCUT2D eigenvalue weighted by Crippen LogP contribution is -2.34. The van der Waals surface area contributed by atoms with E-state index in [4.69, 9.17) is 9.72 Å². The van der Waals surface area contributed by atoms with E-state index in [0.717, 1.165) is 26.2 Å². The van der Waals surface area contributed by atoms with E-state index in [1.165, 1.54) is 15.6 Å². The Morgan fingerprint density at radius 3 is 2.82 bits per heavy atom. The highest BCUT2D eigenvalue weighted by Gasteiger charge is 2.22. The molecule has 0 spiro atoms. The lowest BCUT2D eigenvalue weighted by Gasteiger charge is -2.19. The average molecular weight is 254 g/mol. The molecule has 0 saturated carbocycles. The Labute approximate surface area is 108 Å². The van der Waals surface area contributed by atoms with Crippen molar-refractivity contribution in [3.63, 3.8) is 0 Å². The molecule has 0 aliphatic carbocycles. The summed E-state index contributed by atoms with van der Waals surface area (Å²) in [6, 6.07) is 0. The largest absolute Gasteiger partial charge is 0.381 e. The van der Waals surface area contributed by atoms with Crippen LogP contribution in [0.3, 0.4) is 0 Å². The maximum absolute atomic E-state index is 5.43. The van der Waals surface area contributed by atoms with Gasteiger partial charge in [0.1, 0.15) is 0 Å². The van der Waals surface area contributed by atoms with Gasteiger partial charge in [0.2, 0.25) is 0 Å². The number of nitrogens with one attached hydrogen (secondary N) is 1. The highest BCUT2D eigenvalue weighted by molar-refractivity contribution is 7.11. The summed E-state index contributed by atoms with van der Waals surface area (Å²) in [4.78, 5) is 6.05. The van der Waals surface area contributed by atoms with Gasteiger partial charge in [-0.15, -0.1) is 11.3 Å². The first-order valence-electron chi connectivity index (χ1n) is 6.25. The van der Waals surface area contributed by atoms with Gasteiger partial charge in [-0.25, -0.2) is 4.98 Å². The number of nitrogens with zero attached hydrogens (tertiary/aromatic N) is 1. The molecule has 1 saturated heterocycles. The molecule has 1 aromatic heterocycles. The normalized spacial score (nSPS) is 21.1. The molecule has 1 atom stereocenters. The molecule has 2 rings (SSSR count). The zero-order chi connectivity index (χ0) is 12.5. The molecule has 1 fully saturated rings. The van der Waals surface area contributed by atoms with Crippen molar-refractivity contribution in [3.05, 3.63) is 15.6 Å². The highest BCUT2D eigenvalue weighted by Crippen LogP contribution is 2.30. The average Bonchev–Trinajstić information content (AvgIpc) is 2.82. The molecule has 96 valence electrons. The molecule has 0 aromatic carbocycles. The summed E-state index contributed by atoms with van der Waals surface area (Å²) in [5.41, 5.74) is 1.33. The second kappa shape index (κ2) is 5.04. The second-order valence-electron chi connectivity index (χ2n) is 5.72. The lowest BCUT2D eigenvalue weighted by atomic mass is 10.1. The van der Waals surface area contributed by atoms with E-state index in [9.17, 15) is 0 Å². The van der Waals surface area contributed by atoms with Gasteiger partial charge < -0.3 is 10.1 Å². The van der Waals surface area contributed by atoms with Crippen LogP contribution < -0.4 is 5.32 Å². The first kappa shape index (κ1) is 13.0. The van der Waals surface area contributed by atoms with Crippen LogP contribution in [-0.2, 0) is 11.3 Å². The summed E-state index contributed by atoms with van der Waals surface area (Å²) >= 11 is 1.84. The van der Waals surface area contributed by atoms with E-state index >= 15 is 0 Å². The summed E-state index contributed by atoms with van der Waals surface area (Å²) < 4.78 is 5.43. The van der Waals surface area contributed by atoms with Crippen molar-refractivity contribution in [2.24, 2.45) is 0 Å². The fourth-order valence-corrected chi connectivity index (χ4v) is 2.99. The maximum atomic E-state index is 5.43. The predicted octanol–water partition coefficient (Wildman–Crippen LogP) is 2.84. The van der Waals surface area contributed by atoms with Crippen molar-refractivity contribution in [1.29, 1.82) is 0 Å². The van der Waals surface area contributed by atoms with Gasteiger partial charge in [0.05, 0.1) is 17.3 Å². The first-order valence-corrected chi connectivity index (χ1v) is 7.06. The van der Waals surface area contributed by atoms with Crippen LogP contribution in [0.5, 0.6) is 0 Å². The molecule has 17 heavy (non-hydrogen) atoms. The molecule has 0 amide bonds. The van der Waals surface area contributed by atoms with Crippen molar-refractivity contribution in [3.8, 4) is 0 Å². The fourth-order valence-electron chi connectivity index (χ4n) is 1.86. The van der Waals surface area contributed by atoms with Gasteiger partial charge in [-0.3, -0.25) is 0 Å². The number of aryl methyl sites for hydroxylation is 1. The topological polar surface area (TPSA) is 34.1 Å². The lowest BCUT2D eigenvalue weighted by molar-refractivity contribution is 0.194. The SMILES string of the molecule is Cc1nc(C2CCOC2)sc1CNC(C)(C)C. The first-order chi connectivity index (χ1) is 7.96. The Morgan fingerprint density at radius 1 is 1.47 bits per heavy atom. The Morgan fingerprint density at radius 2 is 2.24 bits per heavy atom. The summed E-state index contributed by atoms with van der Waals surface area (Å²) in [6.45, 7) is 11.3. The molecular weight excluding hydrogens is 232 g/mol. The predicted molar refractivity (Wildman–Crippen MR) is 71.6 cm³/mol. The maximum Gasteiger partial charge on any atom is 0.0986 e.